The minimum Gasteiger partial charge on any atom is -0.451 e. The molecule has 0 fully saturated rings. The molecule has 1 heterocycles. The molecule has 1 amide bonds. The van der Waals surface area contributed by atoms with E-state index in [4.69, 9.17) is 14.7 Å². The van der Waals surface area contributed by atoms with Gasteiger partial charge in [0, 0.05) is 30.7 Å². The summed E-state index contributed by atoms with van der Waals surface area (Å²) >= 11 is 0. The molecular weight excluding hydrogens is 384 g/mol. The van der Waals surface area contributed by atoms with E-state index in [0.717, 1.165) is 17.0 Å². The summed E-state index contributed by atoms with van der Waals surface area (Å²) in [6.45, 7) is 4.45. The molecule has 0 aliphatic carbocycles. The Balaban J connectivity index is 2.03. The van der Waals surface area contributed by atoms with Crippen LogP contribution in [0.25, 0.3) is 6.08 Å². The number of nitriles is 2. The summed E-state index contributed by atoms with van der Waals surface area (Å²) in [4.78, 5) is 24.2. The number of rotatable bonds is 8. The Kier molecular flexibility index (Phi) is 7.92. The predicted molar refractivity (Wildman–Crippen MR) is 110 cm³/mol. The highest BCUT2D eigenvalue weighted by atomic mass is 16.5. The van der Waals surface area contributed by atoms with Gasteiger partial charge in [0.25, 0.3) is 5.91 Å². The Morgan fingerprint density at radius 1 is 1.23 bits per heavy atom. The lowest BCUT2D eigenvalue weighted by Gasteiger charge is -2.08. The van der Waals surface area contributed by atoms with Gasteiger partial charge in [-0.2, -0.15) is 10.5 Å². The van der Waals surface area contributed by atoms with Crippen molar-refractivity contribution < 1.29 is 19.1 Å². The number of nitrogens with one attached hydrogen (secondary N) is 1. The number of amides is 1. The molecule has 2 rings (SSSR count). The summed E-state index contributed by atoms with van der Waals surface area (Å²) in [6, 6.07) is 12.0. The normalized spacial score (nSPS) is 10.8. The van der Waals surface area contributed by atoms with Gasteiger partial charge in [0.1, 0.15) is 11.6 Å². The minimum absolute atomic E-state index is 0.207. The lowest BCUT2D eigenvalue weighted by atomic mass is 10.1. The fourth-order valence-corrected chi connectivity index (χ4v) is 2.87. The molecule has 0 aliphatic rings. The first-order valence-corrected chi connectivity index (χ1v) is 9.14. The minimum atomic E-state index is -0.889. The van der Waals surface area contributed by atoms with Gasteiger partial charge in [-0.25, -0.2) is 4.79 Å². The van der Waals surface area contributed by atoms with E-state index in [1.165, 1.54) is 12.1 Å². The Morgan fingerprint density at radius 2 is 2.00 bits per heavy atom. The van der Waals surface area contributed by atoms with E-state index < -0.39 is 18.5 Å². The number of aryl methyl sites for hydroxylation is 1. The number of esters is 1. The molecule has 1 aromatic heterocycles. The van der Waals surface area contributed by atoms with Gasteiger partial charge < -0.3 is 19.4 Å². The van der Waals surface area contributed by atoms with Crippen LogP contribution in [0, 0.1) is 36.5 Å². The number of carbonyl (C=O) groups is 2. The maximum absolute atomic E-state index is 12.2. The smallest absolute Gasteiger partial charge is 0.349 e. The number of aromatic nitrogens is 1. The molecule has 8 heteroatoms. The molecule has 0 atom stereocenters. The van der Waals surface area contributed by atoms with E-state index in [0.29, 0.717) is 24.4 Å². The van der Waals surface area contributed by atoms with Crippen LogP contribution in [0.1, 0.15) is 22.5 Å². The Bertz CT molecular complexity index is 1050. The van der Waals surface area contributed by atoms with E-state index >= 15 is 0 Å². The Morgan fingerprint density at radius 3 is 2.67 bits per heavy atom. The van der Waals surface area contributed by atoms with E-state index in [2.05, 4.69) is 5.32 Å². The maximum atomic E-state index is 12.2. The van der Waals surface area contributed by atoms with Gasteiger partial charge in [-0.15, -0.1) is 0 Å². The summed E-state index contributed by atoms with van der Waals surface area (Å²) in [5, 5.41) is 20.8. The highest BCUT2D eigenvalue weighted by molar-refractivity contribution is 6.00. The van der Waals surface area contributed by atoms with Crippen LogP contribution in [0.4, 0.5) is 5.69 Å². The second kappa shape index (κ2) is 10.6. The molecule has 30 heavy (non-hydrogen) atoms. The van der Waals surface area contributed by atoms with Crippen molar-refractivity contribution in [3.63, 3.8) is 0 Å². The van der Waals surface area contributed by atoms with Gasteiger partial charge in [-0.3, -0.25) is 4.79 Å². The van der Waals surface area contributed by atoms with Gasteiger partial charge >= 0.3 is 5.97 Å². The monoisotopic (exact) mass is 406 g/mol. The number of hydrogen-bond acceptors (Lipinski definition) is 6. The fraction of sp³-hybridized carbons (Fsp3) is 0.273. The third-order valence-electron chi connectivity index (χ3n) is 4.38. The average molecular weight is 406 g/mol. The molecule has 0 spiro atoms. The summed E-state index contributed by atoms with van der Waals surface area (Å²) in [6.07, 6.45) is 1.45. The van der Waals surface area contributed by atoms with Crippen LogP contribution in [0.2, 0.25) is 0 Å². The van der Waals surface area contributed by atoms with Crippen LogP contribution in [-0.2, 0) is 25.6 Å². The van der Waals surface area contributed by atoms with Crippen molar-refractivity contribution in [3.05, 3.63) is 58.4 Å². The van der Waals surface area contributed by atoms with Gasteiger partial charge in [0.2, 0.25) is 0 Å². The quantitative estimate of drug-likeness (QED) is 0.409. The number of hydrogen-bond donors (Lipinski definition) is 1. The molecule has 154 valence electrons. The van der Waals surface area contributed by atoms with Crippen LogP contribution >= 0.6 is 0 Å². The van der Waals surface area contributed by atoms with Gasteiger partial charge in [-0.05, 0) is 49.8 Å². The molecule has 0 aliphatic heterocycles. The topological polar surface area (TPSA) is 117 Å². The summed E-state index contributed by atoms with van der Waals surface area (Å²) in [5.74, 6) is -1.46. The number of ether oxygens (including phenoxy) is 2. The largest absolute Gasteiger partial charge is 0.451 e. The molecule has 8 nitrogen and oxygen atoms in total. The average Bonchev–Trinajstić information content (AvgIpc) is 3.01. The highest BCUT2D eigenvalue weighted by Gasteiger charge is 2.15. The number of nitrogens with zero attached hydrogens (tertiary/aromatic N) is 3. The molecule has 0 bridgehead atoms. The first-order chi connectivity index (χ1) is 14.4. The molecule has 1 aromatic carbocycles. The van der Waals surface area contributed by atoms with Crippen LogP contribution in [0.3, 0.4) is 0 Å². The zero-order valence-electron chi connectivity index (χ0n) is 17.1. The third kappa shape index (κ3) is 5.81. The second-order valence-corrected chi connectivity index (χ2v) is 6.46. The molecular formula is C22H22N4O4. The number of benzene rings is 1. The van der Waals surface area contributed by atoms with Crippen molar-refractivity contribution in [2.24, 2.45) is 0 Å². The van der Waals surface area contributed by atoms with E-state index in [-0.39, 0.29) is 5.57 Å². The van der Waals surface area contributed by atoms with Crippen LogP contribution < -0.4 is 5.32 Å². The number of methoxy groups -OCH3 is 1. The summed E-state index contributed by atoms with van der Waals surface area (Å²) < 4.78 is 12.1. The van der Waals surface area contributed by atoms with Crippen molar-refractivity contribution in [2.75, 3.05) is 25.6 Å². The van der Waals surface area contributed by atoms with Crippen molar-refractivity contribution in [3.8, 4) is 12.1 Å². The predicted octanol–water partition coefficient (Wildman–Crippen LogP) is 2.71. The Hall–Kier alpha value is -3.88. The third-order valence-corrected chi connectivity index (χ3v) is 4.38. The molecule has 0 saturated heterocycles. The first-order valence-electron chi connectivity index (χ1n) is 9.14. The van der Waals surface area contributed by atoms with Crippen molar-refractivity contribution in [1.82, 2.24) is 4.57 Å². The molecule has 1 N–H and O–H groups in total. The van der Waals surface area contributed by atoms with Crippen molar-refractivity contribution in [1.29, 1.82) is 10.5 Å². The summed E-state index contributed by atoms with van der Waals surface area (Å²) in [7, 11) is 1.62. The number of carbonyl (C=O) groups excluding carboxylic acids is 2. The maximum Gasteiger partial charge on any atom is 0.349 e. The van der Waals surface area contributed by atoms with Gasteiger partial charge in [-0.1, -0.05) is 6.07 Å². The van der Waals surface area contributed by atoms with E-state index in [1.54, 1.807) is 25.3 Å². The molecule has 0 radical (unpaired) electrons. The zero-order valence-corrected chi connectivity index (χ0v) is 17.1. The first kappa shape index (κ1) is 22.4. The van der Waals surface area contributed by atoms with Crippen LogP contribution in [0.15, 0.2) is 35.9 Å². The molecule has 0 saturated carbocycles. The Labute approximate surface area is 174 Å². The number of anilines is 1. The van der Waals surface area contributed by atoms with Crippen LogP contribution in [-0.4, -0.2) is 36.8 Å². The molecule has 2 aromatic rings. The lowest BCUT2D eigenvalue weighted by Crippen LogP contribution is -2.21. The van der Waals surface area contributed by atoms with Gasteiger partial charge in [0.15, 0.2) is 6.61 Å². The van der Waals surface area contributed by atoms with E-state index in [1.807, 2.05) is 36.6 Å². The van der Waals surface area contributed by atoms with Crippen LogP contribution in [0.5, 0.6) is 0 Å². The van der Waals surface area contributed by atoms with Crippen molar-refractivity contribution >= 4 is 23.6 Å². The SMILES string of the molecule is COCCn1c(C)cc(/C=C(\C#N)C(=O)OCC(=O)Nc2cccc(C#N)c2)c1C. The van der Waals surface area contributed by atoms with E-state index in [9.17, 15) is 14.9 Å². The zero-order chi connectivity index (χ0) is 22.1. The second-order valence-electron chi connectivity index (χ2n) is 6.46. The fourth-order valence-electron chi connectivity index (χ4n) is 2.87. The molecule has 0 unspecified atom stereocenters. The highest BCUT2D eigenvalue weighted by Crippen LogP contribution is 2.19. The lowest BCUT2D eigenvalue weighted by molar-refractivity contribution is -0.142. The van der Waals surface area contributed by atoms with Crippen molar-refractivity contribution in [2.45, 2.75) is 20.4 Å². The summed E-state index contributed by atoms with van der Waals surface area (Å²) in [5.41, 5.74) is 3.18. The standard InChI is InChI=1S/C22H22N4O4/c1-15-9-18(16(2)26(15)7-8-29-3)11-19(13-24)22(28)30-14-21(27)25-20-6-4-5-17(10-20)12-23/h4-6,9-11H,7-8,14H2,1-3H3,(H,25,27)/b19-11+. The van der Waals surface area contributed by atoms with Gasteiger partial charge in [0.05, 0.1) is 18.2 Å².